The van der Waals surface area contributed by atoms with Crippen LogP contribution in [0.2, 0.25) is 0 Å². The van der Waals surface area contributed by atoms with Gasteiger partial charge in [-0.25, -0.2) is 4.98 Å². The van der Waals surface area contributed by atoms with E-state index in [2.05, 4.69) is 58.8 Å². The molecule has 1 amide bonds. The molecule has 0 radical (unpaired) electrons. The molecular formula is C29H26N4O. The largest absolute Gasteiger partial charge is 0.378 e. The molecule has 0 saturated carbocycles. The van der Waals surface area contributed by atoms with Crippen molar-refractivity contribution in [1.29, 1.82) is 0 Å². The summed E-state index contributed by atoms with van der Waals surface area (Å²) in [6.07, 6.45) is 0.905. The monoisotopic (exact) mass is 446 g/mol. The Kier molecular flexibility index (Phi) is 5.83. The molecular weight excluding hydrogens is 420 g/mol. The number of H-pyrrole nitrogens is 1. The van der Waals surface area contributed by atoms with Gasteiger partial charge in [0.15, 0.2) is 0 Å². The van der Waals surface area contributed by atoms with E-state index in [4.69, 9.17) is 4.98 Å². The van der Waals surface area contributed by atoms with Crippen LogP contribution in [0.25, 0.3) is 22.4 Å². The number of nitrogens with zero attached hydrogens (tertiary/aromatic N) is 2. The van der Waals surface area contributed by atoms with Crippen LogP contribution in [0.4, 0.5) is 11.4 Å². The van der Waals surface area contributed by atoms with Crippen molar-refractivity contribution in [2.45, 2.75) is 6.42 Å². The third-order valence-corrected chi connectivity index (χ3v) is 5.86. The molecule has 0 spiro atoms. The third kappa shape index (κ3) is 4.69. The van der Waals surface area contributed by atoms with E-state index in [1.807, 2.05) is 67.5 Å². The Morgan fingerprint density at radius 1 is 0.853 bits per heavy atom. The van der Waals surface area contributed by atoms with Crippen molar-refractivity contribution in [3.05, 3.63) is 114 Å². The van der Waals surface area contributed by atoms with Gasteiger partial charge in [-0.3, -0.25) is 4.79 Å². The molecule has 0 bridgehead atoms. The van der Waals surface area contributed by atoms with Crippen molar-refractivity contribution < 1.29 is 4.79 Å². The van der Waals surface area contributed by atoms with Gasteiger partial charge in [-0.15, -0.1) is 0 Å². The van der Waals surface area contributed by atoms with Crippen LogP contribution in [0.3, 0.4) is 0 Å². The van der Waals surface area contributed by atoms with Gasteiger partial charge >= 0.3 is 0 Å². The Balaban J connectivity index is 1.31. The second-order valence-corrected chi connectivity index (χ2v) is 8.57. The molecule has 34 heavy (non-hydrogen) atoms. The highest BCUT2D eigenvalue weighted by Crippen LogP contribution is 2.24. The number of aromatic nitrogens is 2. The Labute approximate surface area is 199 Å². The van der Waals surface area contributed by atoms with Gasteiger partial charge in [-0.05, 0) is 60.0 Å². The quantitative estimate of drug-likeness (QED) is 0.329. The molecule has 5 rings (SSSR count). The molecule has 0 aliphatic rings. The minimum absolute atomic E-state index is 0.140. The first kappa shape index (κ1) is 21.5. The number of aromatic amines is 1. The fraction of sp³-hybridized carbons (Fsp3) is 0.103. The van der Waals surface area contributed by atoms with E-state index in [1.165, 1.54) is 11.1 Å². The molecule has 5 heteroatoms. The number of rotatable bonds is 6. The Bertz CT molecular complexity index is 1420. The maximum absolute atomic E-state index is 12.7. The molecule has 4 aromatic carbocycles. The van der Waals surface area contributed by atoms with E-state index in [0.717, 1.165) is 40.2 Å². The SMILES string of the molecule is CN(C)c1ccc(C(=O)Nc2ccc3nc(-c4ccc(Cc5ccccc5)cc4)[nH]c3c2)cc1. The predicted molar refractivity (Wildman–Crippen MR) is 139 cm³/mol. The summed E-state index contributed by atoms with van der Waals surface area (Å²) in [6.45, 7) is 0. The topological polar surface area (TPSA) is 61.0 Å². The number of benzene rings is 4. The van der Waals surface area contributed by atoms with Crippen molar-refractivity contribution in [2.75, 3.05) is 24.3 Å². The minimum atomic E-state index is -0.140. The number of anilines is 2. The van der Waals surface area contributed by atoms with Gasteiger partial charge in [0, 0.05) is 36.6 Å². The van der Waals surface area contributed by atoms with Gasteiger partial charge in [0.2, 0.25) is 0 Å². The lowest BCUT2D eigenvalue weighted by Gasteiger charge is -2.12. The maximum atomic E-state index is 12.7. The number of amides is 1. The zero-order chi connectivity index (χ0) is 23.5. The molecule has 0 fully saturated rings. The summed E-state index contributed by atoms with van der Waals surface area (Å²) >= 11 is 0. The molecule has 1 heterocycles. The number of imidazole rings is 1. The van der Waals surface area contributed by atoms with E-state index in [9.17, 15) is 4.79 Å². The first-order valence-electron chi connectivity index (χ1n) is 11.3. The smallest absolute Gasteiger partial charge is 0.255 e. The Morgan fingerprint density at radius 3 is 2.26 bits per heavy atom. The number of carbonyl (C=O) groups is 1. The average Bonchev–Trinajstić information content (AvgIpc) is 3.28. The van der Waals surface area contributed by atoms with E-state index in [1.54, 1.807) is 0 Å². The molecule has 0 atom stereocenters. The van der Waals surface area contributed by atoms with Crippen LogP contribution in [0.15, 0.2) is 97.1 Å². The highest BCUT2D eigenvalue weighted by atomic mass is 16.1. The summed E-state index contributed by atoms with van der Waals surface area (Å²) < 4.78 is 0. The molecule has 0 aliphatic heterocycles. The Morgan fingerprint density at radius 2 is 1.56 bits per heavy atom. The van der Waals surface area contributed by atoms with E-state index >= 15 is 0 Å². The van der Waals surface area contributed by atoms with Gasteiger partial charge in [0.25, 0.3) is 5.91 Å². The van der Waals surface area contributed by atoms with Gasteiger partial charge in [0.05, 0.1) is 11.0 Å². The number of nitrogens with one attached hydrogen (secondary N) is 2. The Hall–Kier alpha value is -4.38. The average molecular weight is 447 g/mol. The molecule has 2 N–H and O–H groups in total. The fourth-order valence-electron chi connectivity index (χ4n) is 3.95. The number of hydrogen-bond acceptors (Lipinski definition) is 3. The minimum Gasteiger partial charge on any atom is -0.378 e. The zero-order valence-corrected chi connectivity index (χ0v) is 19.2. The first-order valence-corrected chi connectivity index (χ1v) is 11.3. The van der Waals surface area contributed by atoms with Crippen molar-refractivity contribution in [1.82, 2.24) is 9.97 Å². The summed E-state index contributed by atoms with van der Waals surface area (Å²) in [5, 5.41) is 2.98. The highest BCUT2D eigenvalue weighted by Gasteiger charge is 2.10. The third-order valence-electron chi connectivity index (χ3n) is 5.86. The van der Waals surface area contributed by atoms with Crippen molar-refractivity contribution in [3.63, 3.8) is 0 Å². The summed E-state index contributed by atoms with van der Waals surface area (Å²) in [6, 6.07) is 32.2. The van der Waals surface area contributed by atoms with E-state index in [-0.39, 0.29) is 5.91 Å². The van der Waals surface area contributed by atoms with E-state index in [0.29, 0.717) is 5.56 Å². The molecule has 5 aromatic rings. The summed E-state index contributed by atoms with van der Waals surface area (Å²) in [4.78, 5) is 22.8. The second kappa shape index (κ2) is 9.24. The maximum Gasteiger partial charge on any atom is 0.255 e. The number of hydrogen-bond donors (Lipinski definition) is 2. The normalized spacial score (nSPS) is 10.9. The van der Waals surface area contributed by atoms with Crippen molar-refractivity contribution in [2.24, 2.45) is 0 Å². The molecule has 1 aromatic heterocycles. The van der Waals surface area contributed by atoms with Gasteiger partial charge < -0.3 is 15.2 Å². The number of carbonyl (C=O) groups excluding carboxylic acids is 1. The van der Waals surface area contributed by atoms with Crippen LogP contribution in [-0.4, -0.2) is 30.0 Å². The molecule has 0 unspecified atom stereocenters. The number of fused-ring (bicyclic) bond motifs is 1. The van der Waals surface area contributed by atoms with Crippen LogP contribution in [0, 0.1) is 0 Å². The summed E-state index contributed by atoms with van der Waals surface area (Å²) in [7, 11) is 3.95. The van der Waals surface area contributed by atoms with Crippen LogP contribution in [0.5, 0.6) is 0 Å². The zero-order valence-electron chi connectivity index (χ0n) is 19.2. The van der Waals surface area contributed by atoms with Crippen molar-refractivity contribution in [3.8, 4) is 11.4 Å². The van der Waals surface area contributed by atoms with Crippen LogP contribution in [-0.2, 0) is 6.42 Å². The first-order chi connectivity index (χ1) is 16.5. The second-order valence-electron chi connectivity index (χ2n) is 8.57. The van der Waals surface area contributed by atoms with Gasteiger partial charge in [0.1, 0.15) is 5.82 Å². The fourth-order valence-corrected chi connectivity index (χ4v) is 3.95. The van der Waals surface area contributed by atoms with Crippen LogP contribution >= 0.6 is 0 Å². The van der Waals surface area contributed by atoms with Gasteiger partial charge in [-0.2, -0.15) is 0 Å². The lowest BCUT2D eigenvalue weighted by molar-refractivity contribution is 0.102. The summed E-state index contributed by atoms with van der Waals surface area (Å²) in [5.41, 5.74) is 7.71. The predicted octanol–water partition coefficient (Wildman–Crippen LogP) is 6.14. The molecule has 168 valence electrons. The van der Waals surface area contributed by atoms with Gasteiger partial charge in [-0.1, -0.05) is 54.6 Å². The van der Waals surface area contributed by atoms with E-state index < -0.39 is 0 Å². The van der Waals surface area contributed by atoms with Crippen LogP contribution < -0.4 is 10.2 Å². The standard InChI is InChI=1S/C29H26N4O/c1-33(2)25-15-12-23(13-16-25)29(34)30-24-14-17-26-27(19-24)32-28(31-26)22-10-8-21(9-11-22)18-20-6-4-3-5-7-20/h3-17,19H,18H2,1-2H3,(H,30,34)(H,31,32). The van der Waals surface area contributed by atoms with Crippen molar-refractivity contribution >= 4 is 28.3 Å². The molecule has 0 aliphatic carbocycles. The van der Waals surface area contributed by atoms with Crippen LogP contribution in [0.1, 0.15) is 21.5 Å². The molecule has 5 nitrogen and oxygen atoms in total. The highest BCUT2D eigenvalue weighted by molar-refractivity contribution is 6.05. The molecule has 0 saturated heterocycles. The lowest BCUT2D eigenvalue weighted by atomic mass is 10.0. The lowest BCUT2D eigenvalue weighted by Crippen LogP contribution is -2.13. The summed E-state index contributed by atoms with van der Waals surface area (Å²) in [5.74, 6) is 0.669.